The molecule has 0 spiro atoms. The number of aryl methyl sites for hydroxylation is 1. The fourth-order valence-corrected chi connectivity index (χ4v) is 4.26. The number of carboxylic acids is 1. The molecule has 8 heteroatoms. The smallest absolute Gasteiger partial charge is 0.341 e. The van der Waals surface area contributed by atoms with Gasteiger partial charge < -0.3 is 14.4 Å². The topological polar surface area (TPSA) is 97.6 Å². The number of hydrogen-bond acceptors (Lipinski definition) is 4. The molecule has 3 aromatic rings. The van der Waals surface area contributed by atoms with E-state index in [1.807, 2.05) is 18.3 Å². The number of nitrogens with one attached hydrogen (secondary N) is 1. The van der Waals surface area contributed by atoms with Crippen LogP contribution >= 0.6 is 0 Å². The number of carboxylic acid groups (broad SMARTS) is 1. The van der Waals surface area contributed by atoms with E-state index in [1.165, 1.54) is 18.2 Å². The Labute approximate surface area is 170 Å². The Kier molecular flexibility index (Phi) is 5.83. The SMILES string of the molecule is Cc1cc(S(=O)(=O)Nc2ccc3c(ccn3CC(C)C)c2)ccc1OCC(=O)O. The van der Waals surface area contributed by atoms with Gasteiger partial charge >= 0.3 is 5.97 Å². The standard InChI is InChI=1S/C21H24N2O5S/c1-14(2)12-23-9-8-16-11-17(4-6-19(16)23)22-29(26,27)18-5-7-20(15(3)10-18)28-13-21(24)25/h4-11,14,22H,12-13H2,1-3H3,(H,24,25). The van der Waals surface area contributed by atoms with Crippen molar-refractivity contribution in [3.63, 3.8) is 0 Å². The molecule has 0 aliphatic carbocycles. The highest BCUT2D eigenvalue weighted by molar-refractivity contribution is 7.92. The minimum absolute atomic E-state index is 0.0788. The van der Waals surface area contributed by atoms with Crippen LogP contribution < -0.4 is 9.46 Å². The third-order valence-electron chi connectivity index (χ3n) is 4.39. The van der Waals surface area contributed by atoms with Crippen molar-refractivity contribution in [3.05, 3.63) is 54.2 Å². The molecule has 0 radical (unpaired) electrons. The van der Waals surface area contributed by atoms with Crippen LogP contribution in [-0.2, 0) is 21.4 Å². The Hall–Kier alpha value is -3.00. The number of benzene rings is 2. The van der Waals surface area contributed by atoms with Crippen LogP contribution in [0.25, 0.3) is 10.9 Å². The third-order valence-corrected chi connectivity index (χ3v) is 5.77. The maximum Gasteiger partial charge on any atom is 0.341 e. The number of carbonyl (C=O) groups is 1. The highest BCUT2D eigenvalue weighted by Gasteiger charge is 2.17. The van der Waals surface area contributed by atoms with Gasteiger partial charge in [-0.25, -0.2) is 13.2 Å². The molecule has 2 N–H and O–H groups in total. The molecule has 154 valence electrons. The lowest BCUT2D eigenvalue weighted by Gasteiger charge is -2.12. The Morgan fingerprint density at radius 2 is 1.93 bits per heavy atom. The molecule has 0 amide bonds. The molecule has 0 unspecified atom stereocenters. The Morgan fingerprint density at radius 3 is 2.59 bits per heavy atom. The van der Waals surface area contributed by atoms with E-state index < -0.39 is 22.6 Å². The van der Waals surface area contributed by atoms with E-state index >= 15 is 0 Å². The number of anilines is 1. The van der Waals surface area contributed by atoms with Crippen LogP contribution in [0.5, 0.6) is 5.75 Å². The summed E-state index contributed by atoms with van der Waals surface area (Å²) in [6.07, 6.45) is 2.00. The van der Waals surface area contributed by atoms with Gasteiger partial charge in [0.05, 0.1) is 4.90 Å². The zero-order valence-corrected chi connectivity index (χ0v) is 17.4. The highest BCUT2D eigenvalue weighted by Crippen LogP contribution is 2.26. The number of rotatable bonds is 8. The van der Waals surface area contributed by atoms with Gasteiger partial charge in [0.1, 0.15) is 5.75 Å². The van der Waals surface area contributed by atoms with Crippen molar-refractivity contribution in [1.29, 1.82) is 0 Å². The number of ether oxygens (including phenoxy) is 1. The summed E-state index contributed by atoms with van der Waals surface area (Å²) in [5.41, 5.74) is 2.07. The van der Waals surface area contributed by atoms with E-state index in [1.54, 1.807) is 19.1 Å². The Bertz CT molecular complexity index is 1150. The zero-order chi connectivity index (χ0) is 21.2. The van der Waals surface area contributed by atoms with E-state index in [2.05, 4.69) is 23.1 Å². The Balaban J connectivity index is 1.81. The molecular formula is C21H24N2O5S. The van der Waals surface area contributed by atoms with Crippen LogP contribution in [0.15, 0.2) is 53.6 Å². The van der Waals surface area contributed by atoms with Crippen molar-refractivity contribution < 1.29 is 23.1 Å². The summed E-state index contributed by atoms with van der Waals surface area (Å²) in [6.45, 7) is 6.37. The summed E-state index contributed by atoms with van der Waals surface area (Å²) in [5.74, 6) is -0.255. The average molecular weight is 416 g/mol. The fraction of sp³-hybridized carbons (Fsp3) is 0.286. The van der Waals surface area contributed by atoms with E-state index in [9.17, 15) is 13.2 Å². The van der Waals surface area contributed by atoms with Crippen molar-refractivity contribution in [2.75, 3.05) is 11.3 Å². The number of sulfonamides is 1. The lowest BCUT2D eigenvalue weighted by Crippen LogP contribution is -2.14. The molecule has 1 heterocycles. The van der Waals surface area contributed by atoms with Gasteiger partial charge in [0.15, 0.2) is 6.61 Å². The van der Waals surface area contributed by atoms with Gasteiger partial charge in [-0.1, -0.05) is 13.8 Å². The summed E-state index contributed by atoms with van der Waals surface area (Å²) in [7, 11) is -3.79. The Morgan fingerprint density at radius 1 is 1.17 bits per heavy atom. The van der Waals surface area contributed by atoms with Gasteiger partial charge in [0.25, 0.3) is 10.0 Å². The first-order valence-corrected chi connectivity index (χ1v) is 10.7. The van der Waals surface area contributed by atoms with Crippen molar-refractivity contribution in [2.45, 2.75) is 32.2 Å². The molecule has 0 aliphatic rings. The monoisotopic (exact) mass is 416 g/mol. The maximum absolute atomic E-state index is 12.8. The predicted molar refractivity (Wildman–Crippen MR) is 112 cm³/mol. The van der Waals surface area contributed by atoms with Crippen molar-refractivity contribution in [2.24, 2.45) is 5.92 Å². The number of fused-ring (bicyclic) bond motifs is 1. The van der Waals surface area contributed by atoms with E-state index in [-0.39, 0.29) is 4.90 Å². The van der Waals surface area contributed by atoms with Crippen LogP contribution in [0.2, 0.25) is 0 Å². The first kappa shape index (κ1) is 20.7. The summed E-state index contributed by atoms with van der Waals surface area (Å²) in [6, 6.07) is 11.7. The summed E-state index contributed by atoms with van der Waals surface area (Å²) >= 11 is 0. The third kappa shape index (κ3) is 4.89. The number of nitrogens with zero attached hydrogens (tertiary/aromatic N) is 1. The molecular weight excluding hydrogens is 392 g/mol. The minimum Gasteiger partial charge on any atom is -0.482 e. The molecule has 0 bridgehead atoms. The van der Waals surface area contributed by atoms with Crippen molar-refractivity contribution in [3.8, 4) is 5.75 Å². The lowest BCUT2D eigenvalue weighted by atomic mass is 10.2. The first-order chi connectivity index (χ1) is 13.7. The molecule has 0 saturated carbocycles. The fourth-order valence-electron chi connectivity index (χ4n) is 3.12. The van der Waals surface area contributed by atoms with Crippen LogP contribution in [0.4, 0.5) is 5.69 Å². The van der Waals surface area contributed by atoms with E-state index in [4.69, 9.17) is 9.84 Å². The van der Waals surface area contributed by atoms with Crippen molar-refractivity contribution in [1.82, 2.24) is 4.57 Å². The van der Waals surface area contributed by atoms with Gasteiger partial charge in [0, 0.05) is 29.3 Å². The molecule has 2 aromatic carbocycles. The van der Waals surface area contributed by atoms with Gasteiger partial charge in [-0.2, -0.15) is 0 Å². The van der Waals surface area contributed by atoms with Crippen LogP contribution in [0.1, 0.15) is 19.4 Å². The highest BCUT2D eigenvalue weighted by atomic mass is 32.2. The summed E-state index contributed by atoms with van der Waals surface area (Å²) in [4.78, 5) is 10.7. The van der Waals surface area contributed by atoms with E-state index in [0.29, 0.717) is 22.9 Å². The molecule has 0 saturated heterocycles. The van der Waals surface area contributed by atoms with Gasteiger partial charge in [-0.05, 0) is 60.9 Å². The van der Waals surface area contributed by atoms with Gasteiger partial charge in [-0.3, -0.25) is 4.72 Å². The predicted octanol–water partition coefficient (Wildman–Crippen LogP) is 3.87. The quantitative estimate of drug-likeness (QED) is 0.581. The second kappa shape index (κ2) is 8.16. The summed E-state index contributed by atoms with van der Waals surface area (Å²) < 4.78 is 35.4. The molecule has 0 aliphatic heterocycles. The van der Waals surface area contributed by atoms with Crippen LogP contribution in [0.3, 0.4) is 0 Å². The average Bonchev–Trinajstić information content (AvgIpc) is 3.01. The molecule has 29 heavy (non-hydrogen) atoms. The number of aromatic nitrogens is 1. The number of aliphatic carboxylic acids is 1. The second-order valence-corrected chi connectivity index (χ2v) is 9.03. The maximum atomic E-state index is 12.8. The van der Waals surface area contributed by atoms with E-state index in [0.717, 1.165) is 17.4 Å². The first-order valence-electron chi connectivity index (χ1n) is 9.22. The number of hydrogen-bond donors (Lipinski definition) is 2. The molecule has 1 aromatic heterocycles. The van der Waals surface area contributed by atoms with Crippen LogP contribution in [-0.4, -0.2) is 30.7 Å². The van der Waals surface area contributed by atoms with Crippen LogP contribution in [0, 0.1) is 12.8 Å². The zero-order valence-electron chi connectivity index (χ0n) is 16.5. The normalized spacial score (nSPS) is 11.7. The lowest BCUT2D eigenvalue weighted by molar-refractivity contribution is -0.139. The molecule has 0 atom stereocenters. The molecule has 0 fully saturated rings. The van der Waals surface area contributed by atoms with Crippen molar-refractivity contribution >= 4 is 32.6 Å². The molecule has 3 rings (SSSR count). The summed E-state index contributed by atoms with van der Waals surface area (Å²) in [5, 5.41) is 9.66. The van der Waals surface area contributed by atoms with Gasteiger partial charge in [0.2, 0.25) is 0 Å². The largest absolute Gasteiger partial charge is 0.482 e. The second-order valence-electron chi connectivity index (χ2n) is 7.35. The minimum atomic E-state index is -3.79. The van der Waals surface area contributed by atoms with Gasteiger partial charge in [-0.15, -0.1) is 0 Å². The molecule has 7 nitrogen and oxygen atoms in total.